The number of hydrogen-bond acceptors (Lipinski definition) is 2. The highest BCUT2D eigenvalue weighted by Gasteiger charge is 2.33. The fourth-order valence-corrected chi connectivity index (χ4v) is 0.981. The number of H-pyrrole nitrogens is 1. The van der Waals surface area contributed by atoms with Gasteiger partial charge in [0.2, 0.25) is 5.82 Å². The van der Waals surface area contributed by atoms with Gasteiger partial charge in [-0.25, -0.2) is 4.98 Å². The highest BCUT2D eigenvalue weighted by molar-refractivity contribution is 7.71. The first-order valence-electron chi connectivity index (χ1n) is 3.05. The molecule has 0 atom stereocenters. The van der Waals surface area contributed by atoms with Gasteiger partial charge in [-0.2, -0.15) is 13.2 Å². The molecule has 0 aliphatic rings. The molecule has 12 heavy (non-hydrogen) atoms. The molecule has 0 fully saturated rings. The predicted octanol–water partition coefficient (Wildman–Crippen LogP) is 2.47. The fourth-order valence-electron chi connectivity index (χ4n) is 0.713. The first-order valence-corrected chi connectivity index (χ1v) is 3.45. The number of aromatic nitrogens is 2. The van der Waals surface area contributed by atoms with E-state index in [1.807, 2.05) is 0 Å². The molecule has 0 unspecified atom stereocenters. The van der Waals surface area contributed by atoms with Gasteiger partial charge in [0.1, 0.15) is 4.64 Å². The summed E-state index contributed by atoms with van der Waals surface area (Å²) in [5.41, 5.74) is 0.349. The van der Waals surface area contributed by atoms with Crippen molar-refractivity contribution in [3.63, 3.8) is 0 Å². The van der Waals surface area contributed by atoms with E-state index in [1.165, 1.54) is 13.0 Å². The van der Waals surface area contributed by atoms with Crippen LogP contribution >= 0.6 is 12.2 Å². The minimum Gasteiger partial charge on any atom is -0.340 e. The van der Waals surface area contributed by atoms with Crippen LogP contribution in [0.3, 0.4) is 0 Å². The summed E-state index contributed by atoms with van der Waals surface area (Å²) in [4.78, 5) is 5.22. The van der Waals surface area contributed by atoms with E-state index in [0.717, 1.165) is 0 Å². The molecule has 0 radical (unpaired) electrons. The van der Waals surface area contributed by atoms with Crippen LogP contribution < -0.4 is 0 Å². The van der Waals surface area contributed by atoms with Crippen molar-refractivity contribution in [2.45, 2.75) is 13.1 Å². The summed E-state index contributed by atoms with van der Waals surface area (Å²) in [5.74, 6) is -1.05. The Labute approximate surface area is 71.5 Å². The highest BCUT2D eigenvalue weighted by atomic mass is 32.1. The molecule has 6 heteroatoms. The van der Waals surface area contributed by atoms with Crippen molar-refractivity contribution in [1.29, 1.82) is 0 Å². The van der Waals surface area contributed by atoms with E-state index < -0.39 is 12.0 Å². The van der Waals surface area contributed by atoms with Gasteiger partial charge in [0.05, 0.1) is 0 Å². The molecule has 0 aliphatic heterocycles. The average molecular weight is 194 g/mol. The third kappa shape index (κ3) is 2.04. The topological polar surface area (TPSA) is 28.7 Å². The number of nitrogens with one attached hydrogen (secondary N) is 1. The molecule has 0 aliphatic carbocycles. The average Bonchev–Trinajstić information content (AvgIpc) is 1.82. The number of alkyl halides is 3. The SMILES string of the molecule is Cc1cc(=S)nc(C(F)(F)F)[nH]1. The zero-order chi connectivity index (χ0) is 9.35. The lowest BCUT2D eigenvalue weighted by atomic mass is 10.4. The molecule has 1 rings (SSSR count). The summed E-state index contributed by atoms with van der Waals surface area (Å²) in [7, 11) is 0. The van der Waals surface area contributed by atoms with Crippen molar-refractivity contribution in [3.05, 3.63) is 22.2 Å². The van der Waals surface area contributed by atoms with E-state index in [1.54, 1.807) is 0 Å². The molecule has 66 valence electrons. The van der Waals surface area contributed by atoms with Crippen LogP contribution in [0, 0.1) is 11.6 Å². The van der Waals surface area contributed by atoms with E-state index in [-0.39, 0.29) is 4.64 Å². The predicted molar refractivity (Wildman–Crippen MR) is 39.2 cm³/mol. The molecule has 0 spiro atoms. The largest absolute Gasteiger partial charge is 0.449 e. The lowest BCUT2D eigenvalue weighted by molar-refractivity contribution is -0.145. The van der Waals surface area contributed by atoms with Gasteiger partial charge in [-0.05, 0) is 13.0 Å². The second kappa shape index (κ2) is 2.85. The van der Waals surface area contributed by atoms with Crippen LogP contribution in [0.1, 0.15) is 11.5 Å². The quantitative estimate of drug-likeness (QED) is 0.642. The van der Waals surface area contributed by atoms with Crippen LogP contribution in [0.25, 0.3) is 0 Å². The van der Waals surface area contributed by atoms with Crippen molar-refractivity contribution in [3.8, 4) is 0 Å². The van der Waals surface area contributed by atoms with Gasteiger partial charge in [-0.15, -0.1) is 0 Å². The molecule has 0 saturated carbocycles. The summed E-state index contributed by atoms with van der Waals surface area (Å²) in [6.45, 7) is 1.49. The Bertz CT molecular complexity index is 341. The Morgan fingerprint density at radius 1 is 1.50 bits per heavy atom. The Kier molecular flexibility index (Phi) is 2.18. The standard InChI is InChI=1S/C6H5F3N2S/c1-3-2-4(12)11-5(10-3)6(7,8)9/h2H,1H3,(H,10,11,12). The minimum absolute atomic E-state index is 0.0569. The Hall–Kier alpha value is -0.910. The number of aromatic amines is 1. The normalized spacial score (nSPS) is 11.7. The van der Waals surface area contributed by atoms with Gasteiger partial charge in [0.25, 0.3) is 0 Å². The molecular formula is C6H5F3N2S. The molecule has 1 heterocycles. The van der Waals surface area contributed by atoms with E-state index in [2.05, 4.69) is 22.2 Å². The first-order chi connectivity index (χ1) is 5.39. The van der Waals surface area contributed by atoms with Gasteiger partial charge >= 0.3 is 6.18 Å². The fraction of sp³-hybridized carbons (Fsp3) is 0.333. The summed E-state index contributed by atoms with van der Waals surface area (Å²) in [6, 6.07) is 1.37. The zero-order valence-electron chi connectivity index (χ0n) is 6.07. The second-order valence-corrected chi connectivity index (χ2v) is 2.67. The van der Waals surface area contributed by atoms with Gasteiger partial charge in [-0.3, -0.25) is 0 Å². The Morgan fingerprint density at radius 2 is 2.08 bits per heavy atom. The molecule has 0 bridgehead atoms. The van der Waals surface area contributed by atoms with Crippen LogP contribution in [-0.4, -0.2) is 9.97 Å². The van der Waals surface area contributed by atoms with Gasteiger partial charge in [0, 0.05) is 5.69 Å². The lowest BCUT2D eigenvalue weighted by Crippen LogP contribution is -2.11. The number of nitrogens with zero attached hydrogens (tertiary/aromatic N) is 1. The highest BCUT2D eigenvalue weighted by Crippen LogP contribution is 2.25. The molecule has 1 aromatic heterocycles. The minimum atomic E-state index is -4.46. The van der Waals surface area contributed by atoms with E-state index in [9.17, 15) is 13.2 Å². The van der Waals surface area contributed by atoms with Crippen LogP contribution in [0.2, 0.25) is 0 Å². The van der Waals surface area contributed by atoms with Crippen molar-refractivity contribution in [1.82, 2.24) is 9.97 Å². The summed E-state index contributed by atoms with van der Waals surface area (Å²) >= 11 is 4.52. The first kappa shape index (κ1) is 9.18. The molecule has 0 amide bonds. The third-order valence-electron chi connectivity index (χ3n) is 1.15. The number of hydrogen-bond donors (Lipinski definition) is 1. The van der Waals surface area contributed by atoms with Gasteiger partial charge in [0.15, 0.2) is 0 Å². The van der Waals surface area contributed by atoms with E-state index in [0.29, 0.717) is 5.69 Å². The van der Waals surface area contributed by atoms with Crippen LogP contribution in [-0.2, 0) is 6.18 Å². The maximum atomic E-state index is 12.0. The maximum Gasteiger partial charge on any atom is 0.449 e. The number of aryl methyl sites for hydroxylation is 1. The number of halogens is 3. The van der Waals surface area contributed by atoms with E-state index >= 15 is 0 Å². The molecule has 1 N–H and O–H groups in total. The van der Waals surface area contributed by atoms with Crippen molar-refractivity contribution >= 4 is 12.2 Å². The second-order valence-electron chi connectivity index (χ2n) is 2.25. The zero-order valence-corrected chi connectivity index (χ0v) is 6.88. The summed E-state index contributed by atoms with van der Waals surface area (Å²) in [5, 5.41) is 0. The Morgan fingerprint density at radius 3 is 2.50 bits per heavy atom. The molecular weight excluding hydrogens is 189 g/mol. The van der Waals surface area contributed by atoms with E-state index in [4.69, 9.17) is 0 Å². The van der Waals surface area contributed by atoms with Crippen molar-refractivity contribution in [2.24, 2.45) is 0 Å². The third-order valence-corrected chi connectivity index (χ3v) is 1.36. The monoisotopic (exact) mass is 194 g/mol. The van der Waals surface area contributed by atoms with Gasteiger partial charge in [-0.1, -0.05) is 12.2 Å². The van der Waals surface area contributed by atoms with Crippen LogP contribution in [0.15, 0.2) is 6.07 Å². The van der Waals surface area contributed by atoms with Crippen molar-refractivity contribution in [2.75, 3.05) is 0 Å². The smallest absolute Gasteiger partial charge is 0.340 e. The van der Waals surface area contributed by atoms with Crippen molar-refractivity contribution < 1.29 is 13.2 Å². The maximum absolute atomic E-state index is 12.0. The summed E-state index contributed by atoms with van der Waals surface area (Å²) < 4.78 is 36.0. The molecule has 0 saturated heterocycles. The van der Waals surface area contributed by atoms with Crippen LogP contribution in [0.4, 0.5) is 13.2 Å². The van der Waals surface area contributed by atoms with Gasteiger partial charge < -0.3 is 4.98 Å². The number of rotatable bonds is 0. The molecule has 0 aromatic carbocycles. The molecule has 2 nitrogen and oxygen atoms in total. The Balaban J connectivity index is 3.27. The molecule has 1 aromatic rings. The van der Waals surface area contributed by atoms with Crippen LogP contribution in [0.5, 0.6) is 0 Å². The lowest BCUT2D eigenvalue weighted by Gasteiger charge is -2.05. The summed E-state index contributed by atoms with van der Waals surface area (Å²) in [6.07, 6.45) is -4.46.